The first-order valence-electron chi connectivity index (χ1n) is 6.46. The van der Waals surface area contributed by atoms with Crippen LogP contribution in [-0.2, 0) is 0 Å². The highest BCUT2D eigenvalue weighted by molar-refractivity contribution is 9.10. The highest BCUT2D eigenvalue weighted by Crippen LogP contribution is 2.27. The summed E-state index contributed by atoms with van der Waals surface area (Å²) in [5.41, 5.74) is 0.372. The monoisotopic (exact) mass is 347 g/mol. The van der Waals surface area contributed by atoms with Gasteiger partial charge in [0.2, 0.25) is 0 Å². The van der Waals surface area contributed by atoms with Crippen LogP contribution in [0.2, 0.25) is 0 Å². The van der Waals surface area contributed by atoms with Crippen molar-refractivity contribution in [1.82, 2.24) is 4.90 Å². The summed E-state index contributed by atoms with van der Waals surface area (Å²) in [5.74, 6) is -0.156. The molecule has 0 radical (unpaired) electrons. The van der Waals surface area contributed by atoms with Gasteiger partial charge in [-0.25, -0.2) is 4.39 Å². The summed E-state index contributed by atoms with van der Waals surface area (Å²) in [4.78, 5) is 14.4. The average Bonchev–Trinajstić information content (AvgIpc) is 2.92. The van der Waals surface area contributed by atoms with E-state index < -0.39 is 5.82 Å². The lowest BCUT2D eigenvalue weighted by molar-refractivity contribution is 0.0693. The predicted molar refractivity (Wildman–Crippen MR) is 78.1 cm³/mol. The summed E-state index contributed by atoms with van der Waals surface area (Å²) < 4.78 is 13.8. The maximum absolute atomic E-state index is 13.5. The number of carbonyl (C=O) groups excluding carboxylic acids is 1. The minimum Gasteiger partial charge on any atom is -0.334 e. The van der Waals surface area contributed by atoms with E-state index in [2.05, 4.69) is 15.9 Å². The van der Waals surface area contributed by atoms with Gasteiger partial charge < -0.3 is 4.90 Å². The summed E-state index contributed by atoms with van der Waals surface area (Å²) in [7, 11) is 0. The first-order valence-corrected chi connectivity index (χ1v) is 7.79. The van der Waals surface area contributed by atoms with Gasteiger partial charge >= 0.3 is 0 Å². The van der Waals surface area contributed by atoms with Crippen LogP contribution in [0.15, 0.2) is 22.7 Å². The lowest BCUT2D eigenvalue weighted by atomic mass is 10.1. The summed E-state index contributed by atoms with van der Waals surface area (Å²) in [6.45, 7) is 0.508. The average molecular weight is 349 g/mol. The zero-order valence-corrected chi connectivity index (χ0v) is 12.9. The number of hydrogen-bond acceptors (Lipinski definition) is 1. The molecule has 2 nitrogen and oxygen atoms in total. The van der Waals surface area contributed by atoms with Crippen LogP contribution in [0.5, 0.6) is 0 Å². The zero-order valence-electron chi connectivity index (χ0n) is 10.5. The van der Waals surface area contributed by atoms with E-state index in [1.165, 1.54) is 6.07 Å². The molecule has 104 valence electrons. The van der Waals surface area contributed by atoms with Gasteiger partial charge in [0.15, 0.2) is 0 Å². The first kappa shape index (κ1) is 14.8. The molecule has 0 saturated heterocycles. The van der Waals surface area contributed by atoms with Crippen molar-refractivity contribution in [3.8, 4) is 0 Å². The molecule has 0 heterocycles. The second kappa shape index (κ2) is 6.71. The third-order valence-electron chi connectivity index (χ3n) is 3.53. The van der Waals surface area contributed by atoms with Crippen molar-refractivity contribution >= 4 is 33.4 Å². The van der Waals surface area contributed by atoms with E-state index in [0.29, 0.717) is 18.0 Å². The van der Waals surface area contributed by atoms with Crippen molar-refractivity contribution in [2.45, 2.75) is 31.7 Å². The highest BCUT2D eigenvalue weighted by Gasteiger charge is 2.28. The molecule has 1 amide bonds. The van der Waals surface area contributed by atoms with Crippen molar-refractivity contribution < 1.29 is 9.18 Å². The minimum absolute atomic E-state index is 0.140. The van der Waals surface area contributed by atoms with Crippen LogP contribution in [0, 0.1) is 5.82 Å². The Kier molecular flexibility index (Phi) is 5.22. The van der Waals surface area contributed by atoms with E-state index >= 15 is 0 Å². The smallest absolute Gasteiger partial charge is 0.255 e. The third kappa shape index (κ3) is 3.29. The van der Waals surface area contributed by atoms with Gasteiger partial charge in [0.05, 0.1) is 10.0 Å². The Bertz CT molecular complexity index is 463. The predicted octanol–water partition coefficient (Wildman–Crippen LogP) is 4.21. The highest BCUT2D eigenvalue weighted by atomic mass is 79.9. The fourth-order valence-corrected chi connectivity index (χ4v) is 3.20. The van der Waals surface area contributed by atoms with E-state index in [4.69, 9.17) is 11.6 Å². The van der Waals surface area contributed by atoms with Crippen LogP contribution >= 0.6 is 27.5 Å². The van der Waals surface area contributed by atoms with Gasteiger partial charge in [-0.15, -0.1) is 11.6 Å². The Balaban J connectivity index is 2.25. The Morgan fingerprint density at radius 2 is 2.11 bits per heavy atom. The number of benzene rings is 1. The number of amides is 1. The van der Waals surface area contributed by atoms with Crippen LogP contribution < -0.4 is 0 Å². The number of alkyl halides is 1. The molecule has 2 rings (SSSR count). The zero-order chi connectivity index (χ0) is 13.8. The van der Waals surface area contributed by atoms with E-state index in [1.54, 1.807) is 17.0 Å². The second-order valence-electron chi connectivity index (χ2n) is 4.73. The minimum atomic E-state index is -0.414. The van der Waals surface area contributed by atoms with E-state index in [9.17, 15) is 9.18 Å². The summed E-state index contributed by atoms with van der Waals surface area (Å²) in [6.07, 6.45) is 4.30. The molecule has 0 bridgehead atoms. The van der Waals surface area contributed by atoms with E-state index in [-0.39, 0.29) is 16.4 Å². The fraction of sp³-hybridized carbons (Fsp3) is 0.500. The Hall–Kier alpha value is -0.610. The molecule has 0 aliphatic heterocycles. The summed E-state index contributed by atoms with van der Waals surface area (Å²) in [5, 5.41) is 0. The van der Waals surface area contributed by atoms with Crippen molar-refractivity contribution in [3.05, 3.63) is 34.1 Å². The van der Waals surface area contributed by atoms with Gasteiger partial charge in [0.25, 0.3) is 5.91 Å². The number of rotatable bonds is 4. The van der Waals surface area contributed by atoms with Gasteiger partial charge in [-0.2, -0.15) is 0 Å². The molecule has 0 N–H and O–H groups in total. The summed E-state index contributed by atoms with van der Waals surface area (Å²) in [6, 6.07) is 4.77. The molecule has 1 aliphatic carbocycles. The molecule has 0 spiro atoms. The van der Waals surface area contributed by atoms with Crippen LogP contribution in [0.25, 0.3) is 0 Å². The summed E-state index contributed by atoms with van der Waals surface area (Å²) >= 11 is 8.95. The van der Waals surface area contributed by atoms with Gasteiger partial charge in [-0.3, -0.25) is 4.79 Å². The molecule has 1 aliphatic rings. The molecule has 1 aromatic rings. The topological polar surface area (TPSA) is 20.3 Å². The van der Waals surface area contributed by atoms with Gasteiger partial charge in [-0.1, -0.05) is 18.9 Å². The van der Waals surface area contributed by atoms with Gasteiger partial charge in [-0.05, 0) is 40.9 Å². The lowest BCUT2D eigenvalue weighted by Gasteiger charge is -2.28. The fourth-order valence-electron chi connectivity index (χ4n) is 2.58. The maximum Gasteiger partial charge on any atom is 0.255 e. The first-order chi connectivity index (χ1) is 9.15. The Morgan fingerprint density at radius 1 is 1.42 bits per heavy atom. The van der Waals surface area contributed by atoms with E-state index in [0.717, 1.165) is 25.7 Å². The van der Waals surface area contributed by atoms with Crippen LogP contribution in [-0.4, -0.2) is 29.3 Å². The lowest BCUT2D eigenvalue weighted by Crippen LogP contribution is -2.40. The van der Waals surface area contributed by atoms with Crippen molar-refractivity contribution in [2.24, 2.45) is 0 Å². The SMILES string of the molecule is O=C(c1cccc(F)c1Br)N(CCCl)C1CCCC1. The Morgan fingerprint density at radius 3 is 2.74 bits per heavy atom. The maximum atomic E-state index is 13.5. The number of carbonyl (C=O) groups is 1. The van der Waals surface area contributed by atoms with Crippen molar-refractivity contribution in [2.75, 3.05) is 12.4 Å². The molecular weight excluding hydrogens is 333 g/mol. The molecule has 1 aromatic carbocycles. The second-order valence-corrected chi connectivity index (χ2v) is 5.90. The normalized spacial score (nSPS) is 15.7. The molecule has 0 atom stereocenters. The molecular formula is C14H16BrClFNO. The van der Waals surface area contributed by atoms with Crippen LogP contribution in [0.3, 0.4) is 0 Å². The molecule has 1 fully saturated rings. The van der Waals surface area contributed by atoms with Crippen molar-refractivity contribution in [1.29, 1.82) is 0 Å². The quantitative estimate of drug-likeness (QED) is 0.746. The number of halogens is 3. The number of hydrogen-bond donors (Lipinski definition) is 0. The molecule has 0 aromatic heterocycles. The molecule has 1 saturated carbocycles. The van der Waals surface area contributed by atoms with Gasteiger partial charge in [0.1, 0.15) is 5.82 Å². The number of nitrogens with zero attached hydrogens (tertiary/aromatic N) is 1. The van der Waals surface area contributed by atoms with Crippen molar-refractivity contribution in [3.63, 3.8) is 0 Å². The van der Waals surface area contributed by atoms with Gasteiger partial charge in [0, 0.05) is 18.5 Å². The van der Waals surface area contributed by atoms with E-state index in [1.807, 2.05) is 0 Å². The largest absolute Gasteiger partial charge is 0.334 e. The molecule has 0 unspecified atom stereocenters. The third-order valence-corrected chi connectivity index (χ3v) is 4.51. The van der Waals surface area contributed by atoms with Crippen LogP contribution in [0.1, 0.15) is 36.0 Å². The molecule has 5 heteroatoms. The standard InChI is InChI=1S/C14H16BrClFNO/c15-13-11(6-3-7-12(13)17)14(19)18(9-8-16)10-4-1-2-5-10/h3,6-7,10H,1-2,4-5,8-9H2. The molecule has 19 heavy (non-hydrogen) atoms. The van der Waals surface area contributed by atoms with Crippen LogP contribution in [0.4, 0.5) is 4.39 Å². The Labute approximate surface area is 126 Å².